The molecule has 0 amide bonds. The van der Waals surface area contributed by atoms with Gasteiger partial charge in [-0.15, -0.1) is 0 Å². The lowest BCUT2D eigenvalue weighted by Crippen LogP contribution is -2.13. The van der Waals surface area contributed by atoms with Gasteiger partial charge < -0.3 is 10.6 Å². The van der Waals surface area contributed by atoms with Gasteiger partial charge in [0.1, 0.15) is 0 Å². The van der Waals surface area contributed by atoms with Crippen LogP contribution < -0.4 is 10.6 Å². The monoisotopic (exact) mass is 316 g/mol. The Hall–Kier alpha value is -2.92. The summed E-state index contributed by atoms with van der Waals surface area (Å²) in [5, 5.41) is 6.43. The van der Waals surface area contributed by atoms with Crippen LogP contribution in [0.15, 0.2) is 60.9 Å². The fourth-order valence-electron chi connectivity index (χ4n) is 1.81. The molecule has 0 aromatic carbocycles. The van der Waals surface area contributed by atoms with Crippen molar-refractivity contribution in [3.8, 4) is 23.7 Å². The van der Waals surface area contributed by atoms with Crippen LogP contribution >= 0.6 is 0 Å². The summed E-state index contributed by atoms with van der Waals surface area (Å²) in [4.78, 5) is 8.46. The maximum atomic E-state index is 4.23. The molecule has 0 aliphatic rings. The molecule has 2 rings (SSSR count). The number of aromatic nitrogens is 2. The summed E-state index contributed by atoms with van der Waals surface area (Å²) >= 11 is 0. The second kappa shape index (κ2) is 11.6. The minimum atomic E-state index is 0.625. The molecule has 0 radical (unpaired) electrons. The van der Waals surface area contributed by atoms with Crippen LogP contribution in [0.5, 0.6) is 0 Å². The first-order valence-electron chi connectivity index (χ1n) is 7.78. The van der Waals surface area contributed by atoms with Gasteiger partial charge in [-0.1, -0.05) is 35.8 Å². The van der Waals surface area contributed by atoms with E-state index in [2.05, 4.69) is 44.3 Å². The van der Waals surface area contributed by atoms with Crippen LogP contribution in [0.25, 0.3) is 0 Å². The van der Waals surface area contributed by atoms with E-state index in [0.29, 0.717) is 13.1 Å². The zero-order chi connectivity index (χ0) is 16.7. The SMILES string of the molecule is C(#CCNCc1ccccn1)/C=C/C#CCNCc1ccccn1. The maximum Gasteiger partial charge on any atom is 0.0583 e. The highest BCUT2D eigenvalue weighted by Gasteiger charge is 1.89. The largest absolute Gasteiger partial charge is 0.301 e. The molecule has 0 saturated carbocycles. The number of nitrogens with zero attached hydrogens (tertiary/aromatic N) is 2. The van der Waals surface area contributed by atoms with Gasteiger partial charge in [-0.05, 0) is 36.4 Å². The summed E-state index contributed by atoms with van der Waals surface area (Å²) in [5.74, 6) is 11.9. The summed E-state index contributed by atoms with van der Waals surface area (Å²) < 4.78 is 0. The summed E-state index contributed by atoms with van der Waals surface area (Å²) in [6.45, 7) is 2.70. The van der Waals surface area contributed by atoms with E-state index < -0.39 is 0 Å². The van der Waals surface area contributed by atoms with Crippen molar-refractivity contribution in [1.82, 2.24) is 20.6 Å². The van der Waals surface area contributed by atoms with Gasteiger partial charge in [-0.25, -0.2) is 0 Å². The third-order valence-corrected chi connectivity index (χ3v) is 2.95. The standard InChI is InChI=1S/C20H20N4/c1(3-7-13-21-17-19-11-5-9-15-23-19)2-4-8-14-22-18-20-12-6-10-16-24-20/h1-2,5-6,9-12,15-16,21-22H,13-14,17-18H2/b2-1+. The molecule has 2 aromatic heterocycles. The lowest BCUT2D eigenvalue weighted by molar-refractivity contribution is 0.749. The van der Waals surface area contributed by atoms with E-state index in [0.717, 1.165) is 24.5 Å². The van der Waals surface area contributed by atoms with Crippen LogP contribution in [-0.2, 0) is 13.1 Å². The third kappa shape index (κ3) is 7.91. The Labute approximate surface area is 143 Å². The van der Waals surface area contributed by atoms with E-state index in [4.69, 9.17) is 0 Å². The minimum Gasteiger partial charge on any atom is -0.301 e. The zero-order valence-corrected chi connectivity index (χ0v) is 13.5. The van der Waals surface area contributed by atoms with Crippen LogP contribution in [0, 0.1) is 23.7 Å². The molecule has 2 aromatic rings. The van der Waals surface area contributed by atoms with Gasteiger partial charge in [-0.2, -0.15) is 0 Å². The Morgan fingerprint density at radius 2 is 1.25 bits per heavy atom. The quantitative estimate of drug-likeness (QED) is 0.631. The van der Waals surface area contributed by atoms with Gasteiger partial charge in [0.15, 0.2) is 0 Å². The molecule has 2 heterocycles. The lowest BCUT2D eigenvalue weighted by atomic mass is 10.3. The average Bonchev–Trinajstić information content (AvgIpc) is 2.64. The van der Waals surface area contributed by atoms with Gasteiger partial charge in [-0.3, -0.25) is 9.97 Å². The summed E-state index contributed by atoms with van der Waals surface area (Å²) in [6, 6.07) is 11.7. The first-order valence-corrected chi connectivity index (χ1v) is 7.78. The molecule has 0 fully saturated rings. The molecule has 0 unspecified atom stereocenters. The molecule has 0 spiro atoms. The molecular weight excluding hydrogens is 296 g/mol. The van der Waals surface area contributed by atoms with E-state index in [1.54, 1.807) is 24.5 Å². The van der Waals surface area contributed by atoms with Gasteiger partial charge in [0.2, 0.25) is 0 Å². The van der Waals surface area contributed by atoms with Crippen LogP contribution in [0.4, 0.5) is 0 Å². The van der Waals surface area contributed by atoms with E-state index in [1.807, 2.05) is 36.4 Å². The van der Waals surface area contributed by atoms with Crippen LogP contribution in [-0.4, -0.2) is 23.1 Å². The Kier molecular flexibility index (Phi) is 8.44. The van der Waals surface area contributed by atoms with Gasteiger partial charge in [0.25, 0.3) is 0 Å². The molecule has 0 aliphatic carbocycles. The minimum absolute atomic E-state index is 0.625. The topological polar surface area (TPSA) is 49.8 Å². The number of pyridine rings is 2. The van der Waals surface area contributed by atoms with Crippen LogP contribution in [0.1, 0.15) is 11.4 Å². The van der Waals surface area contributed by atoms with Gasteiger partial charge >= 0.3 is 0 Å². The summed E-state index contributed by atoms with van der Waals surface area (Å²) in [6.07, 6.45) is 7.09. The molecule has 0 atom stereocenters. The van der Waals surface area contributed by atoms with Crippen molar-refractivity contribution in [3.63, 3.8) is 0 Å². The predicted molar refractivity (Wildman–Crippen MR) is 96.6 cm³/mol. The molecule has 24 heavy (non-hydrogen) atoms. The smallest absolute Gasteiger partial charge is 0.0583 e. The van der Waals surface area contributed by atoms with Crippen molar-refractivity contribution >= 4 is 0 Å². The highest BCUT2D eigenvalue weighted by atomic mass is 14.9. The van der Waals surface area contributed by atoms with Crippen molar-refractivity contribution in [2.45, 2.75) is 13.1 Å². The van der Waals surface area contributed by atoms with E-state index in [9.17, 15) is 0 Å². The molecule has 120 valence electrons. The summed E-state index contributed by atoms with van der Waals surface area (Å²) in [7, 11) is 0. The summed E-state index contributed by atoms with van der Waals surface area (Å²) in [5.41, 5.74) is 2.03. The normalized spacial score (nSPS) is 9.83. The highest BCUT2D eigenvalue weighted by molar-refractivity contribution is 5.25. The molecule has 4 heteroatoms. The fourth-order valence-corrected chi connectivity index (χ4v) is 1.81. The second-order valence-electron chi connectivity index (χ2n) is 4.82. The number of hydrogen-bond donors (Lipinski definition) is 2. The van der Waals surface area contributed by atoms with Gasteiger partial charge in [0.05, 0.1) is 24.5 Å². The predicted octanol–water partition coefficient (Wildman–Crippen LogP) is 1.92. The van der Waals surface area contributed by atoms with Crippen molar-refractivity contribution in [3.05, 3.63) is 72.3 Å². The molecule has 2 N–H and O–H groups in total. The number of nitrogens with one attached hydrogen (secondary N) is 2. The van der Waals surface area contributed by atoms with E-state index >= 15 is 0 Å². The van der Waals surface area contributed by atoms with Gasteiger partial charge in [0, 0.05) is 25.5 Å². The van der Waals surface area contributed by atoms with Crippen LogP contribution in [0.2, 0.25) is 0 Å². The number of rotatable bonds is 6. The highest BCUT2D eigenvalue weighted by Crippen LogP contribution is 1.91. The third-order valence-electron chi connectivity index (χ3n) is 2.95. The van der Waals surface area contributed by atoms with Crippen molar-refractivity contribution in [1.29, 1.82) is 0 Å². The first-order chi connectivity index (χ1) is 11.9. The van der Waals surface area contributed by atoms with Crippen LogP contribution in [0.3, 0.4) is 0 Å². The fraction of sp³-hybridized carbons (Fsp3) is 0.200. The van der Waals surface area contributed by atoms with Crippen molar-refractivity contribution in [2.75, 3.05) is 13.1 Å². The first kappa shape index (κ1) is 17.4. The molecular formula is C20H20N4. The Morgan fingerprint density at radius 1 is 0.750 bits per heavy atom. The lowest BCUT2D eigenvalue weighted by Gasteiger charge is -1.98. The second-order valence-corrected chi connectivity index (χ2v) is 4.82. The van der Waals surface area contributed by atoms with Crippen molar-refractivity contribution in [2.24, 2.45) is 0 Å². The molecule has 0 aliphatic heterocycles. The number of allylic oxidation sites excluding steroid dienone is 2. The molecule has 0 saturated heterocycles. The van der Waals surface area contributed by atoms with Crippen molar-refractivity contribution < 1.29 is 0 Å². The molecule has 4 nitrogen and oxygen atoms in total. The molecule has 0 bridgehead atoms. The van der Waals surface area contributed by atoms with E-state index in [-0.39, 0.29) is 0 Å². The Balaban J connectivity index is 1.53. The Bertz CT molecular complexity index is 666. The maximum absolute atomic E-state index is 4.23. The Morgan fingerprint density at radius 3 is 1.67 bits per heavy atom. The average molecular weight is 316 g/mol. The zero-order valence-electron chi connectivity index (χ0n) is 13.5. The number of hydrogen-bond acceptors (Lipinski definition) is 4. The van der Waals surface area contributed by atoms with E-state index in [1.165, 1.54) is 0 Å².